The van der Waals surface area contributed by atoms with Gasteiger partial charge in [0.25, 0.3) is 0 Å². The van der Waals surface area contributed by atoms with Crippen molar-refractivity contribution in [3.8, 4) is 0 Å². The highest BCUT2D eigenvalue weighted by molar-refractivity contribution is 6.31. The summed E-state index contributed by atoms with van der Waals surface area (Å²) in [5, 5.41) is 9.33. The maximum Gasteiger partial charge on any atom is 0.0624 e. The molecular weight excluding hydrogens is 162 g/mol. The Kier molecular flexibility index (Phi) is 2.88. The maximum atomic E-state index is 8.73. The number of benzene rings is 1. The first-order chi connectivity index (χ1) is 5.25. The third-order valence-electron chi connectivity index (χ3n) is 1.50. The largest absolute Gasteiger partial charge is 0.394 e. The van der Waals surface area contributed by atoms with Crippen LogP contribution in [0.1, 0.15) is 11.6 Å². The van der Waals surface area contributed by atoms with Gasteiger partial charge in [-0.3, -0.25) is 0 Å². The molecule has 3 heteroatoms. The minimum Gasteiger partial charge on any atom is -0.394 e. The molecule has 60 valence electrons. The first kappa shape index (κ1) is 8.53. The van der Waals surface area contributed by atoms with Crippen LogP contribution in [0.25, 0.3) is 0 Å². The lowest BCUT2D eigenvalue weighted by Crippen LogP contribution is -2.14. The lowest BCUT2D eigenvalue weighted by Gasteiger charge is -2.09. The molecule has 1 aromatic rings. The van der Waals surface area contributed by atoms with E-state index in [-0.39, 0.29) is 12.6 Å². The number of aliphatic hydroxyl groups is 1. The van der Waals surface area contributed by atoms with E-state index in [1.807, 2.05) is 18.2 Å². The van der Waals surface area contributed by atoms with Crippen molar-refractivity contribution in [1.29, 1.82) is 0 Å². The first-order valence-corrected chi connectivity index (χ1v) is 3.74. The summed E-state index contributed by atoms with van der Waals surface area (Å²) in [7, 11) is 0. The van der Waals surface area contributed by atoms with Crippen LogP contribution in [0.4, 0.5) is 0 Å². The Morgan fingerprint density at radius 3 is 2.64 bits per heavy atom. The van der Waals surface area contributed by atoms with Crippen molar-refractivity contribution in [3.05, 3.63) is 34.9 Å². The van der Waals surface area contributed by atoms with Crippen molar-refractivity contribution in [2.75, 3.05) is 6.61 Å². The van der Waals surface area contributed by atoms with E-state index in [0.29, 0.717) is 5.02 Å². The molecule has 0 aliphatic rings. The molecule has 0 heterocycles. The third-order valence-corrected chi connectivity index (χ3v) is 1.85. The molecular formula is C8H10ClNO. The van der Waals surface area contributed by atoms with Gasteiger partial charge in [-0.25, -0.2) is 0 Å². The van der Waals surface area contributed by atoms with Gasteiger partial charge in [-0.2, -0.15) is 0 Å². The maximum absolute atomic E-state index is 8.73. The van der Waals surface area contributed by atoms with E-state index in [4.69, 9.17) is 22.4 Å². The Morgan fingerprint density at radius 1 is 1.45 bits per heavy atom. The molecule has 0 aromatic heterocycles. The molecule has 1 atom stereocenters. The van der Waals surface area contributed by atoms with Crippen molar-refractivity contribution in [2.24, 2.45) is 5.73 Å². The second kappa shape index (κ2) is 3.72. The molecule has 0 fully saturated rings. The number of halogens is 1. The minimum atomic E-state index is -0.372. The molecule has 0 unspecified atom stereocenters. The summed E-state index contributed by atoms with van der Waals surface area (Å²) in [6, 6.07) is 6.87. The van der Waals surface area contributed by atoms with Crippen LogP contribution in [-0.4, -0.2) is 11.7 Å². The van der Waals surface area contributed by atoms with Crippen LogP contribution in [0.15, 0.2) is 24.3 Å². The Morgan fingerprint density at radius 2 is 2.09 bits per heavy atom. The van der Waals surface area contributed by atoms with Crippen LogP contribution in [0.3, 0.4) is 0 Å². The van der Waals surface area contributed by atoms with Gasteiger partial charge < -0.3 is 10.8 Å². The second-order valence-corrected chi connectivity index (χ2v) is 2.72. The summed E-state index contributed by atoms with van der Waals surface area (Å²) >= 11 is 5.81. The van der Waals surface area contributed by atoms with Crippen LogP contribution < -0.4 is 5.73 Å². The van der Waals surface area contributed by atoms with Crippen molar-refractivity contribution < 1.29 is 5.11 Å². The quantitative estimate of drug-likeness (QED) is 0.706. The van der Waals surface area contributed by atoms with Crippen molar-refractivity contribution in [2.45, 2.75) is 6.04 Å². The van der Waals surface area contributed by atoms with E-state index in [1.165, 1.54) is 0 Å². The zero-order chi connectivity index (χ0) is 8.27. The summed E-state index contributed by atoms with van der Waals surface area (Å²) < 4.78 is 0. The fraction of sp³-hybridized carbons (Fsp3) is 0.250. The molecule has 2 nitrogen and oxygen atoms in total. The van der Waals surface area contributed by atoms with Gasteiger partial charge >= 0.3 is 0 Å². The predicted molar refractivity (Wildman–Crippen MR) is 45.5 cm³/mol. The summed E-state index contributed by atoms with van der Waals surface area (Å²) in [6.07, 6.45) is 0. The van der Waals surface area contributed by atoms with Crippen LogP contribution in [0.2, 0.25) is 5.02 Å². The molecule has 1 aromatic carbocycles. The highest BCUT2D eigenvalue weighted by atomic mass is 35.5. The van der Waals surface area contributed by atoms with Gasteiger partial charge in [0, 0.05) is 5.02 Å². The predicted octanol–water partition coefficient (Wildman–Crippen LogP) is 1.33. The van der Waals surface area contributed by atoms with Gasteiger partial charge in [-0.15, -0.1) is 0 Å². The molecule has 3 N–H and O–H groups in total. The average Bonchev–Trinajstić information content (AvgIpc) is 2.04. The number of nitrogens with two attached hydrogens (primary N) is 1. The molecule has 1 rings (SSSR count). The highest BCUT2D eigenvalue weighted by Crippen LogP contribution is 2.19. The Bertz CT molecular complexity index is 239. The molecule has 0 saturated carbocycles. The second-order valence-electron chi connectivity index (χ2n) is 2.31. The molecule has 0 radical (unpaired) electrons. The minimum absolute atomic E-state index is 0.0796. The average molecular weight is 172 g/mol. The summed E-state index contributed by atoms with van der Waals surface area (Å²) in [6.45, 7) is -0.0796. The highest BCUT2D eigenvalue weighted by Gasteiger charge is 2.06. The molecule has 0 aliphatic heterocycles. The van der Waals surface area contributed by atoms with E-state index in [1.54, 1.807) is 6.07 Å². The molecule has 0 bridgehead atoms. The summed E-state index contributed by atoms with van der Waals surface area (Å²) in [5.41, 5.74) is 6.35. The molecule has 0 spiro atoms. The van der Waals surface area contributed by atoms with Crippen molar-refractivity contribution >= 4 is 11.6 Å². The van der Waals surface area contributed by atoms with E-state index >= 15 is 0 Å². The van der Waals surface area contributed by atoms with Crippen molar-refractivity contribution in [3.63, 3.8) is 0 Å². The van der Waals surface area contributed by atoms with Crippen molar-refractivity contribution in [1.82, 2.24) is 0 Å². The fourth-order valence-corrected chi connectivity index (χ4v) is 1.15. The van der Waals surface area contributed by atoms with Crippen LogP contribution in [0, 0.1) is 0 Å². The van der Waals surface area contributed by atoms with Crippen LogP contribution in [0.5, 0.6) is 0 Å². The lowest BCUT2D eigenvalue weighted by molar-refractivity contribution is 0.268. The standard InChI is InChI=1S/C8H10ClNO/c9-7-4-2-1-3-6(7)8(10)5-11/h1-4,8,11H,5,10H2/t8-/m0/s1. The van der Waals surface area contributed by atoms with E-state index in [9.17, 15) is 0 Å². The number of aliphatic hydroxyl groups excluding tert-OH is 1. The van der Waals surface area contributed by atoms with E-state index in [2.05, 4.69) is 0 Å². The van der Waals surface area contributed by atoms with Crippen LogP contribution in [-0.2, 0) is 0 Å². The number of hydrogen-bond donors (Lipinski definition) is 2. The van der Waals surface area contributed by atoms with Gasteiger partial charge in [-0.1, -0.05) is 29.8 Å². The van der Waals surface area contributed by atoms with Gasteiger partial charge in [-0.05, 0) is 11.6 Å². The number of hydrogen-bond acceptors (Lipinski definition) is 2. The van der Waals surface area contributed by atoms with Gasteiger partial charge in [0.05, 0.1) is 12.6 Å². The van der Waals surface area contributed by atoms with E-state index < -0.39 is 0 Å². The Hall–Kier alpha value is -0.570. The topological polar surface area (TPSA) is 46.2 Å². The fourth-order valence-electron chi connectivity index (χ4n) is 0.874. The normalized spacial score (nSPS) is 13.0. The zero-order valence-electron chi connectivity index (χ0n) is 6.00. The Labute approximate surface area is 70.6 Å². The first-order valence-electron chi connectivity index (χ1n) is 3.36. The molecule has 11 heavy (non-hydrogen) atoms. The van der Waals surface area contributed by atoms with Gasteiger partial charge in [0.15, 0.2) is 0 Å². The number of rotatable bonds is 2. The van der Waals surface area contributed by atoms with Gasteiger partial charge in [0.2, 0.25) is 0 Å². The monoisotopic (exact) mass is 171 g/mol. The van der Waals surface area contributed by atoms with Crippen LogP contribution >= 0.6 is 11.6 Å². The van der Waals surface area contributed by atoms with E-state index in [0.717, 1.165) is 5.56 Å². The smallest absolute Gasteiger partial charge is 0.0624 e. The Balaban J connectivity index is 2.93. The third kappa shape index (κ3) is 1.93. The van der Waals surface area contributed by atoms with Gasteiger partial charge in [0.1, 0.15) is 0 Å². The zero-order valence-corrected chi connectivity index (χ0v) is 6.75. The lowest BCUT2D eigenvalue weighted by atomic mass is 10.1. The molecule has 0 aliphatic carbocycles. The summed E-state index contributed by atoms with van der Waals surface area (Å²) in [5.74, 6) is 0. The molecule has 0 saturated heterocycles. The SMILES string of the molecule is N[C@@H](CO)c1ccccc1Cl. The summed E-state index contributed by atoms with van der Waals surface area (Å²) in [4.78, 5) is 0. The molecule has 0 amide bonds.